The molecule has 1 aromatic rings. The van der Waals surface area contributed by atoms with Crippen LogP contribution in [0, 0.1) is 0 Å². The van der Waals surface area contributed by atoms with E-state index in [1.54, 1.807) is 20.4 Å². The van der Waals surface area contributed by atoms with Crippen molar-refractivity contribution in [3.63, 3.8) is 0 Å². The molecular weight excluding hydrogens is 180 g/mol. The molecule has 1 atom stereocenters. The molecule has 0 aromatic carbocycles. The number of likely N-dealkylation sites (N-methyl/N-ethyl adjacent to an activating group) is 2. The molecule has 4 heteroatoms. The van der Waals surface area contributed by atoms with Crippen LogP contribution in [0.1, 0.15) is 24.3 Å². The molecule has 0 aliphatic carbocycles. The normalized spacial score (nSPS) is 12.5. The minimum atomic E-state index is -0.398. The van der Waals surface area contributed by atoms with Gasteiger partial charge in [0.15, 0.2) is 0 Å². The number of furan rings is 1. The predicted octanol–water partition coefficient (Wildman–Crippen LogP) is 0.848. The van der Waals surface area contributed by atoms with E-state index in [0.29, 0.717) is 5.76 Å². The Labute approximate surface area is 83.7 Å². The topological polar surface area (TPSA) is 54.3 Å². The molecule has 0 bridgehead atoms. The molecule has 0 fully saturated rings. The minimum Gasteiger partial charge on any atom is -0.467 e. The Morgan fingerprint density at radius 3 is 2.79 bits per heavy atom. The van der Waals surface area contributed by atoms with Crippen LogP contribution in [-0.4, -0.2) is 20.0 Å². The molecular formula is C10H16N2O2. The summed E-state index contributed by atoms with van der Waals surface area (Å²) in [6.07, 6.45) is 2.47. The molecule has 0 spiro atoms. The Bertz CT molecular complexity index is 307. The second-order valence-electron chi connectivity index (χ2n) is 3.00. The molecule has 4 nitrogen and oxygen atoms in total. The van der Waals surface area contributed by atoms with E-state index in [2.05, 4.69) is 10.6 Å². The first-order chi connectivity index (χ1) is 6.74. The third-order valence-corrected chi connectivity index (χ3v) is 2.22. The Morgan fingerprint density at radius 1 is 1.57 bits per heavy atom. The van der Waals surface area contributed by atoms with Gasteiger partial charge >= 0.3 is 0 Å². The summed E-state index contributed by atoms with van der Waals surface area (Å²) >= 11 is 0. The molecule has 2 N–H and O–H groups in total. The van der Waals surface area contributed by atoms with Gasteiger partial charge in [0.2, 0.25) is 5.91 Å². The van der Waals surface area contributed by atoms with Gasteiger partial charge in [-0.2, -0.15) is 0 Å². The Kier molecular flexibility index (Phi) is 3.71. The van der Waals surface area contributed by atoms with Crippen molar-refractivity contribution in [2.75, 3.05) is 14.1 Å². The van der Waals surface area contributed by atoms with Crippen molar-refractivity contribution in [2.24, 2.45) is 0 Å². The van der Waals surface area contributed by atoms with Crippen LogP contribution >= 0.6 is 0 Å². The molecule has 0 saturated heterocycles. The number of carbonyl (C=O) groups excluding carboxylic acids is 1. The third-order valence-electron chi connectivity index (χ3n) is 2.22. The maximum absolute atomic E-state index is 11.5. The summed E-state index contributed by atoms with van der Waals surface area (Å²) in [7, 11) is 3.35. The first-order valence-electron chi connectivity index (χ1n) is 4.69. The number of carbonyl (C=O) groups is 1. The largest absolute Gasteiger partial charge is 0.467 e. The van der Waals surface area contributed by atoms with Crippen molar-refractivity contribution in [1.82, 2.24) is 10.6 Å². The van der Waals surface area contributed by atoms with Gasteiger partial charge in [0.1, 0.15) is 11.8 Å². The molecule has 78 valence electrons. The molecule has 1 aromatic heterocycles. The van der Waals surface area contributed by atoms with E-state index < -0.39 is 6.04 Å². The molecule has 0 radical (unpaired) electrons. The zero-order valence-corrected chi connectivity index (χ0v) is 8.76. The van der Waals surface area contributed by atoms with Gasteiger partial charge in [-0.15, -0.1) is 0 Å². The monoisotopic (exact) mass is 196 g/mol. The van der Waals surface area contributed by atoms with E-state index in [9.17, 15) is 4.79 Å². The molecule has 1 rings (SSSR count). The van der Waals surface area contributed by atoms with E-state index in [1.165, 1.54) is 0 Å². The lowest BCUT2D eigenvalue weighted by atomic mass is 10.1. The van der Waals surface area contributed by atoms with Crippen LogP contribution in [0.5, 0.6) is 0 Å². The Morgan fingerprint density at radius 2 is 2.29 bits per heavy atom. The Balaban J connectivity index is 2.94. The minimum absolute atomic E-state index is 0.0860. The van der Waals surface area contributed by atoms with Crippen LogP contribution < -0.4 is 10.6 Å². The number of rotatable bonds is 4. The average Bonchev–Trinajstić information content (AvgIpc) is 2.66. The van der Waals surface area contributed by atoms with Gasteiger partial charge < -0.3 is 15.1 Å². The second kappa shape index (κ2) is 4.81. The van der Waals surface area contributed by atoms with Crippen LogP contribution in [0.3, 0.4) is 0 Å². The average molecular weight is 196 g/mol. The van der Waals surface area contributed by atoms with Gasteiger partial charge in [-0.3, -0.25) is 4.79 Å². The lowest BCUT2D eigenvalue weighted by molar-refractivity contribution is -0.123. The lowest BCUT2D eigenvalue weighted by Crippen LogP contribution is -2.34. The van der Waals surface area contributed by atoms with Gasteiger partial charge in [-0.1, -0.05) is 6.92 Å². The van der Waals surface area contributed by atoms with Crippen LogP contribution in [-0.2, 0) is 11.2 Å². The number of amides is 1. The van der Waals surface area contributed by atoms with Crippen molar-refractivity contribution in [3.8, 4) is 0 Å². The smallest absolute Gasteiger partial charge is 0.244 e. The van der Waals surface area contributed by atoms with E-state index in [0.717, 1.165) is 12.0 Å². The first-order valence-corrected chi connectivity index (χ1v) is 4.69. The van der Waals surface area contributed by atoms with Gasteiger partial charge in [0.05, 0.1) is 6.26 Å². The molecule has 1 amide bonds. The van der Waals surface area contributed by atoms with Crippen molar-refractivity contribution in [1.29, 1.82) is 0 Å². The lowest BCUT2D eigenvalue weighted by Gasteiger charge is -2.13. The van der Waals surface area contributed by atoms with Crippen LogP contribution in [0.15, 0.2) is 16.7 Å². The van der Waals surface area contributed by atoms with E-state index in [1.807, 2.05) is 13.0 Å². The molecule has 0 aliphatic rings. The van der Waals surface area contributed by atoms with E-state index in [4.69, 9.17) is 4.42 Å². The summed E-state index contributed by atoms with van der Waals surface area (Å²) in [5, 5.41) is 5.52. The highest BCUT2D eigenvalue weighted by Gasteiger charge is 2.22. The van der Waals surface area contributed by atoms with Crippen molar-refractivity contribution >= 4 is 5.91 Å². The fraction of sp³-hybridized carbons (Fsp3) is 0.500. The van der Waals surface area contributed by atoms with E-state index >= 15 is 0 Å². The van der Waals surface area contributed by atoms with E-state index in [-0.39, 0.29) is 5.91 Å². The quantitative estimate of drug-likeness (QED) is 0.750. The van der Waals surface area contributed by atoms with Gasteiger partial charge in [0.25, 0.3) is 0 Å². The Hall–Kier alpha value is -1.29. The van der Waals surface area contributed by atoms with Crippen LogP contribution in [0.2, 0.25) is 0 Å². The summed E-state index contributed by atoms with van der Waals surface area (Å²) in [4.78, 5) is 11.5. The van der Waals surface area contributed by atoms with Crippen LogP contribution in [0.25, 0.3) is 0 Å². The summed E-state index contributed by atoms with van der Waals surface area (Å²) in [6, 6.07) is 1.49. The SMILES string of the molecule is CCc1ccoc1C(NC)C(=O)NC. The number of hydrogen-bond acceptors (Lipinski definition) is 3. The van der Waals surface area contributed by atoms with Crippen molar-refractivity contribution in [2.45, 2.75) is 19.4 Å². The van der Waals surface area contributed by atoms with Crippen LogP contribution in [0.4, 0.5) is 0 Å². The molecule has 1 unspecified atom stereocenters. The zero-order chi connectivity index (χ0) is 10.6. The summed E-state index contributed by atoms with van der Waals surface area (Å²) in [5.74, 6) is 0.617. The number of hydrogen-bond donors (Lipinski definition) is 2. The maximum atomic E-state index is 11.5. The van der Waals surface area contributed by atoms with Gasteiger partial charge in [-0.25, -0.2) is 0 Å². The maximum Gasteiger partial charge on any atom is 0.244 e. The molecule has 0 aliphatic heterocycles. The van der Waals surface area contributed by atoms with Gasteiger partial charge in [0, 0.05) is 7.05 Å². The third kappa shape index (κ3) is 1.96. The van der Waals surface area contributed by atoms with Crippen molar-refractivity contribution in [3.05, 3.63) is 23.7 Å². The highest BCUT2D eigenvalue weighted by Crippen LogP contribution is 2.19. The number of nitrogens with one attached hydrogen (secondary N) is 2. The fourth-order valence-corrected chi connectivity index (χ4v) is 1.42. The first kappa shape index (κ1) is 10.8. The molecule has 14 heavy (non-hydrogen) atoms. The highest BCUT2D eigenvalue weighted by atomic mass is 16.3. The standard InChI is InChI=1S/C10H16N2O2/c1-4-7-5-6-14-9(7)8(11-2)10(13)12-3/h5-6,8,11H,4H2,1-3H3,(H,12,13). The summed E-state index contributed by atoms with van der Waals surface area (Å²) in [6.45, 7) is 2.03. The fourth-order valence-electron chi connectivity index (χ4n) is 1.42. The van der Waals surface area contributed by atoms with Gasteiger partial charge in [-0.05, 0) is 25.1 Å². The predicted molar refractivity (Wildman–Crippen MR) is 54.0 cm³/mol. The summed E-state index contributed by atoms with van der Waals surface area (Å²) in [5.41, 5.74) is 1.06. The second-order valence-corrected chi connectivity index (χ2v) is 3.00. The number of aryl methyl sites for hydroxylation is 1. The molecule has 1 heterocycles. The zero-order valence-electron chi connectivity index (χ0n) is 8.76. The molecule has 0 saturated carbocycles. The highest BCUT2D eigenvalue weighted by molar-refractivity contribution is 5.82. The summed E-state index contributed by atoms with van der Waals surface area (Å²) < 4.78 is 5.31. The van der Waals surface area contributed by atoms with Crippen molar-refractivity contribution < 1.29 is 9.21 Å².